The van der Waals surface area contributed by atoms with E-state index in [1.807, 2.05) is 0 Å². The van der Waals surface area contributed by atoms with Crippen LogP contribution in [0.5, 0.6) is 0 Å². The number of esters is 3. The Hall–Kier alpha value is -2.78. The average Bonchev–Trinajstić information content (AvgIpc) is 3.04. The summed E-state index contributed by atoms with van der Waals surface area (Å²) >= 11 is 1.23. The van der Waals surface area contributed by atoms with Crippen LogP contribution in [-0.4, -0.2) is 55.5 Å². The van der Waals surface area contributed by atoms with Gasteiger partial charge in [0.15, 0.2) is 17.6 Å². The van der Waals surface area contributed by atoms with E-state index in [1.165, 1.54) is 26.7 Å². The van der Waals surface area contributed by atoms with Crippen LogP contribution < -0.4 is 0 Å². The van der Waals surface area contributed by atoms with Crippen molar-refractivity contribution >= 4 is 37.7 Å². The number of carbonyl (C=O) groups is 3. The van der Waals surface area contributed by atoms with E-state index in [2.05, 4.69) is 0 Å². The first-order valence-corrected chi connectivity index (χ1v) is 10.3. The van der Waals surface area contributed by atoms with Gasteiger partial charge in [-0.05, 0) is 24.3 Å². The maximum Gasteiger partial charge on any atom is 0.338 e. The summed E-state index contributed by atoms with van der Waals surface area (Å²) in [5.74, 6) is -1.69. The van der Waals surface area contributed by atoms with Crippen LogP contribution in [0.2, 0.25) is 0 Å². The van der Waals surface area contributed by atoms with Crippen molar-refractivity contribution in [3.63, 3.8) is 0 Å². The van der Waals surface area contributed by atoms with Crippen LogP contribution in [-0.2, 0) is 23.7 Å². The molecule has 2 aromatic rings. The van der Waals surface area contributed by atoms with Crippen molar-refractivity contribution in [3.8, 4) is 0 Å². The molecule has 1 aliphatic heterocycles. The first-order chi connectivity index (χ1) is 14.5. The van der Waals surface area contributed by atoms with Crippen LogP contribution in [0.4, 0.5) is 0 Å². The molecule has 0 radical (unpaired) electrons. The van der Waals surface area contributed by atoms with Gasteiger partial charge >= 0.3 is 17.9 Å². The van der Waals surface area contributed by atoms with Gasteiger partial charge < -0.3 is 18.9 Å². The minimum Gasteiger partial charge on any atom is -0.453 e. The lowest BCUT2D eigenvalue weighted by Gasteiger charge is -2.25. The summed E-state index contributed by atoms with van der Waals surface area (Å²) in [7, 11) is 1.51. The molecule has 0 spiro atoms. The quantitative estimate of drug-likeness (QED) is 0.376. The SMILES string of the molecule is BOC[C@H]1S[C@@H](OC(C)=O)[C@H](OC(=O)c2ccccc2)[C@@H]1OC(=O)c1ccccc1. The highest BCUT2D eigenvalue weighted by Crippen LogP contribution is 2.39. The standard InChI is InChI=1S/C21H21BO7S/c1-13(23)27-21-18(29-20(25)15-10-6-3-7-11-15)17(16(30-21)12-26-22)28-19(24)14-8-4-2-5-9-14/h2-11,16-18,21H,12,22H2,1H3/t16-,17-,18-,21-/m1/s1. The van der Waals surface area contributed by atoms with Crippen LogP contribution in [0, 0.1) is 0 Å². The Labute approximate surface area is 179 Å². The summed E-state index contributed by atoms with van der Waals surface area (Å²) in [5, 5.41) is -0.388. The Bertz CT molecular complexity index is 877. The molecule has 30 heavy (non-hydrogen) atoms. The van der Waals surface area contributed by atoms with Crippen molar-refractivity contribution in [1.82, 2.24) is 0 Å². The minimum absolute atomic E-state index is 0.217. The van der Waals surface area contributed by atoms with Gasteiger partial charge in [0, 0.05) is 13.5 Å². The van der Waals surface area contributed by atoms with Crippen LogP contribution in [0.15, 0.2) is 60.7 Å². The van der Waals surface area contributed by atoms with Gasteiger partial charge in [-0.1, -0.05) is 36.4 Å². The first kappa shape index (κ1) is 21.9. The third-order valence-electron chi connectivity index (χ3n) is 4.39. The molecule has 1 fully saturated rings. The van der Waals surface area contributed by atoms with E-state index >= 15 is 0 Å². The Morgan fingerprint density at radius 3 is 1.80 bits per heavy atom. The molecule has 0 aromatic heterocycles. The van der Waals surface area contributed by atoms with Crippen molar-refractivity contribution in [2.45, 2.75) is 29.8 Å². The fraction of sp³-hybridized carbons (Fsp3) is 0.286. The summed E-state index contributed by atoms with van der Waals surface area (Å²) in [5.41, 5.74) is -0.126. The van der Waals surface area contributed by atoms with Gasteiger partial charge in [0.1, 0.15) is 0 Å². The molecule has 1 heterocycles. The smallest absolute Gasteiger partial charge is 0.338 e. The maximum absolute atomic E-state index is 12.7. The third-order valence-corrected chi connectivity index (χ3v) is 5.77. The predicted octanol–water partition coefficient (Wildman–Crippen LogP) is 2.01. The zero-order valence-corrected chi connectivity index (χ0v) is 17.4. The van der Waals surface area contributed by atoms with Crippen LogP contribution in [0.1, 0.15) is 27.6 Å². The summed E-state index contributed by atoms with van der Waals surface area (Å²) in [6.45, 7) is 1.49. The Kier molecular flexibility index (Phi) is 7.54. The summed E-state index contributed by atoms with van der Waals surface area (Å²) in [6, 6.07) is 16.9. The second-order valence-corrected chi connectivity index (χ2v) is 7.92. The number of thioether (sulfide) groups is 1. The monoisotopic (exact) mass is 428 g/mol. The van der Waals surface area contributed by atoms with E-state index in [9.17, 15) is 14.4 Å². The van der Waals surface area contributed by atoms with E-state index in [4.69, 9.17) is 18.9 Å². The summed E-state index contributed by atoms with van der Waals surface area (Å²) < 4.78 is 22.0. The molecule has 1 saturated heterocycles. The van der Waals surface area contributed by atoms with Crippen molar-refractivity contribution in [1.29, 1.82) is 0 Å². The fourth-order valence-corrected chi connectivity index (χ4v) is 4.53. The Morgan fingerprint density at radius 1 is 0.833 bits per heavy atom. The van der Waals surface area contributed by atoms with Gasteiger partial charge in [-0.2, -0.15) is 0 Å². The van der Waals surface area contributed by atoms with Crippen LogP contribution in [0.25, 0.3) is 0 Å². The molecule has 0 amide bonds. The molecule has 0 aliphatic carbocycles. The fourth-order valence-electron chi connectivity index (χ4n) is 3.05. The van der Waals surface area contributed by atoms with E-state index in [0.717, 1.165) is 0 Å². The topological polar surface area (TPSA) is 88.1 Å². The lowest BCUT2D eigenvalue weighted by atomic mass is 10.1. The highest BCUT2D eigenvalue weighted by Gasteiger charge is 2.51. The lowest BCUT2D eigenvalue weighted by molar-refractivity contribution is -0.148. The molecule has 2 aromatic carbocycles. The largest absolute Gasteiger partial charge is 0.453 e. The molecule has 156 valence electrons. The van der Waals surface area contributed by atoms with Gasteiger partial charge in [0.25, 0.3) is 8.05 Å². The second kappa shape index (κ2) is 10.3. The zero-order valence-electron chi connectivity index (χ0n) is 16.6. The van der Waals surface area contributed by atoms with Crippen molar-refractivity contribution in [3.05, 3.63) is 71.8 Å². The number of carbonyl (C=O) groups excluding carboxylic acids is 3. The van der Waals surface area contributed by atoms with Gasteiger partial charge in [0.05, 0.1) is 16.4 Å². The molecule has 0 unspecified atom stereocenters. The molecule has 9 heteroatoms. The molecule has 0 N–H and O–H groups in total. The van der Waals surface area contributed by atoms with Gasteiger partial charge in [-0.25, -0.2) is 9.59 Å². The molecule has 3 rings (SSSR count). The van der Waals surface area contributed by atoms with Crippen molar-refractivity contribution in [2.75, 3.05) is 6.61 Å². The zero-order chi connectivity index (χ0) is 21.5. The van der Waals surface area contributed by atoms with E-state index in [0.29, 0.717) is 11.1 Å². The van der Waals surface area contributed by atoms with Gasteiger partial charge in [-0.3, -0.25) is 4.79 Å². The maximum atomic E-state index is 12.7. The second-order valence-electron chi connectivity index (χ2n) is 6.58. The Morgan fingerprint density at radius 2 is 1.33 bits per heavy atom. The number of hydrogen-bond donors (Lipinski definition) is 0. The van der Waals surface area contributed by atoms with Crippen molar-refractivity contribution in [2.24, 2.45) is 0 Å². The minimum atomic E-state index is -0.987. The van der Waals surface area contributed by atoms with E-state index in [-0.39, 0.29) is 11.9 Å². The first-order valence-electron chi connectivity index (χ1n) is 9.33. The summed E-state index contributed by atoms with van der Waals surface area (Å²) in [6.07, 6.45) is -1.85. The predicted molar refractivity (Wildman–Crippen MR) is 113 cm³/mol. The van der Waals surface area contributed by atoms with E-state index in [1.54, 1.807) is 60.7 Å². The molecule has 0 saturated carbocycles. The van der Waals surface area contributed by atoms with Gasteiger partial charge in [-0.15, -0.1) is 11.8 Å². The van der Waals surface area contributed by atoms with E-state index < -0.39 is 35.6 Å². The molecule has 0 bridgehead atoms. The third kappa shape index (κ3) is 5.43. The lowest BCUT2D eigenvalue weighted by Crippen LogP contribution is -2.42. The molecular weight excluding hydrogens is 407 g/mol. The average molecular weight is 428 g/mol. The highest BCUT2D eigenvalue weighted by molar-refractivity contribution is 8.00. The molecular formula is C21H21BO7S. The number of rotatable bonds is 7. The normalized spacial score (nSPS) is 22.8. The van der Waals surface area contributed by atoms with Crippen LogP contribution in [0.3, 0.4) is 0 Å². The van der Waals surface area contributed by atoms with Crippen LogP contribution >= 0.6 is 11.8 Å². The molecule has 1 aliphatic rings. The molecule has 7 nitrogen and oxygen atoms in total. The number of benzene rings is 2. The van der Waals surface area contributed by atoms with Gasteiger partial charge in [0.2, 0.25) is 0 Å². The number of hydrogen-bond acceptors (Lipinski definition) is 8. The number of ether oxygens (including phenoxy) is 3. The molecule has 4 atom stereocenters. The van der Waals surface area contributed by atoms with Crippen molar-refractivity contribution < 1.29 is 33.2 Å². The summed E-state index contributed by atoms with van der Waals surface area (Å²) in [4.78, 5) is 36.9. The Balaban J connectivity index is 1.85. The highest BCUT2D eigenvalue weighted by atomic mass is 32.2.